The molecule has 27 heavy (non-hydrogen) atoms. The van der Waals surface area contributed by atoms with E-state index in [1.54, 1.807) is 0 Å². The smallest absolute Gasteiger partial charge is 0.0853 e. The molecule has 1 aromatic heterocycles. The number of hydrogen-bond acceptors (Lipinski definition) is 2. The maximum absolute atomic E-state index is 11.0. The highest BCUT2D eigenvalue weighted by atomic mass is 16.3. The number of pyridine rings is 1. The SMILES string of the molecule is CCCc1ccc2c(-c3ccc4ccccc4c3C(C)(C)O)nccc2c1. The van der Waals surface area contributed by atoms with Gasteiger partial charge in [0.1, 0.15) is 0 Å². The van der Waals surface area contributed by atoms with Crippen molar-refractivity contribution in [2.24, 2.45) is 0 Å². The number of hydrogen-bond donors (Lipinski definition) is 1. The van der Waals surface area contributed by atoms with Crippen molar-refractivity contribution in [2.45, 2.75) is 39.2 Å². The lowest BCUT2D eigenvalue weighted by Crippen LogP contribution is -2.17. The van der Waals surface area contributed by atoms with E-state index in [9.17, 15) is 5.11 Å². The van der Waals surface area contributed by atoms with Gasteiger partial charge in [0.05, 0.1) is 11.3 Å². The van der Waals surface area contributed by atoms with Crippen LogP contribution in [0.15, 0.2) is 66.9 Å². The third-order valence-corrected chi connectivity index (χ3v) is 5.16. The lowest BCUT2D eigenvalue weighted by molar-refractivity contribution is 0.0807. The van der Waals surface area contributed by atoms with Crippen LogP contribution in [0.1, 0.15) is 38.3 Å². The van der Waals surface area contributed by atoms with Gasteiger partial charge >= 0.3 is 0 Å². The fourth-order valence-corrected chi connectivity index (χ4v) is 4.01. The molecule has 0 aliphatic rings. The van der Waals surface area contributed by atoms with Crippen LogP contribution in [0.3, 0.4) is 0 Å². The first-order valence-corrected chi connectivity index (χ1v) is 9.61. The van der Waals surface area contributed by atoms with Crippen molar-refractivity contribution in [1.29, 1.82) is 0 Å². The van der Waals surface area contributed by atoms with Gasteiger partial charge in [-0.2, -0.15) is 0 Å². The number of aryl methyl sites for hydroxylation is 1. The van der Waals surface area contributed by atoms with Gasteiger partial charge in [0, 0.05) is 22.7 Å². The molecule has 0 amide bonds. The third kappa shape index (κ3) is 3.22. The molecule has 0 fully saturated rings. The molecule has 1 heterocycles. The third-order valence-electron chi connectivity index (χ3n) is 5.16. The Labute approximate surface area is 160 Å². The molecule has 0 aliphatic carbocycles. The van der Waals surface area contributed by atoms with Crippen molar-refractivity contribution in [3.8, 4) is 11.3 Å². The van der Waals surface area contributed by atoms with E-state index in [1.807, 2.05) is 32.2 Å². The summed E-state index contributed by atoms with van der Waals surface area (Å²) in [6.45, 7) is 5.90. The molecule has 4 rings (SSSR count). The molecule has 0 saturated carbocycles. The molecule has 0 unspecified atom stereocenters. The van der Waals surface area contributed by atoms with Crippen LogP contribution in [0, 0.1) is 0 Å². The Morgan fingerprint density at radius 1 is 0.889 bits per heavy atom. The van der Waals surface area contributed by atoms with Gasteiger partial charge in [-0.15, -0.1) is 0 Å². The number of rotatable bonds is 4. The van der Waals surface area contributed by atoms with Crippen molar-refractivity contribution in [2.75, 3.05) is 0 Å². The van der Waals surface area contributed by atoms with Gasteiger partial charge < -0.3 is 5.11 Å². The maximum atomic E-state index is 11.0. The molecule has 0 bridgehead atoms. The fourth-order valence-electron chi connectivity index (χ4n) is 4.01. The summed E-state index contributed by atoms with van der Waals surface area (Å²) in [4.78, 5) is 4.72. The minimum Gasteiger partial charge on any atom is -0.386 e. The van der Waals surface area contributed by atoms with Crippen LogP contribution >= 0.6 is 0 Å². The zero-order valence-corrected chi connectivity index (χ0v) is 16.2. The molecule has 4 aromatic rings. The van der Waals surface area contributed by atoms with Gasteiger partial charge in [0.15, 0.2) is 0 Å². The highest BCUT2D eigenvalue weighted by Gasteiger charge is 2.25. The van der Waals surface area contributed by atoms with Gasteiger partial charge in [-0.1, -0.05) is 67.9 Å². The number of aliphatic hydroxyl groups is 1. The second-order valence-electron chi connectivity index (χ2n) is 7.73. The van der Waals surface area contributed by atoms with Crippen LogP contribution in [0.25, 0.3) is 32.8 Å². The maximum Gasteiger partial charge on any atom is 0.0853 e. The van der Waals surface area contributed by atoms with Crippen molar-refractivity contribution in [3.05, 3.63) is 78.0 Å². The molecule has 0 radical (unpaired) electrons. The Kier molecular flexibility index (Phi) is 4.45. The number of fused-ring (bicyclic) bond motifs is 2. The van der Waals surface area contributed by atoms with Crippen LogP contribution in [-0.4, -0.2) is 10.1 Å². The lowest BCUT2D eigenvalue weighted by atomic mass is 9.85. The van der Waals surface area contributed by atoms with Gasteiger partial charge in [0.2, 0.25) is 0 Å². The van der Waals surface area contributed by atoms with E-state index in [-0.39, 0.29) is 0 Å². The first-order chi connectivity index (χ1) is 13.0. The topological polar surface area (TPSA) is 33.1 Å². The monoisotopic (exact) mass is 355 g/mol. The van der Waals surface area contributed by atoms with E-state index in [1.165, 1.54) is 10.9 Å². The van der Waals surface area contributed by atoms with Gasteiger partial charge in [-0.05, 0) is 48.1 Å². The second-order valence-corrected chi connectivity index (χ2v) is 7.73. The van der Waals surface area contributed by atoms with Crippen LogP contribution < -0.4 is 0 Å². The Hall–Kier alpha value is -2.71. The van der Waals surface area contributed by atoms with Crippen molar-refractivity contribution < 1.29 is 5.11 Å². The normalized spacial score (nSPS) is 12.0. The van der Waals surface area contributed by atoms with E-state index in [4.69, 9.17) is 4.98 Å². The van der Waals surface area contributed by atoms with Crippen molar-refractivity contribution >= 4 is 21.5 Å². The fraction of sp³-hybridized carbons (Fsp3) is 0.240. The minimum absolute atomic E-state index is 0.929. The first kappa shape index (κ1) is 17.7. The van der Waals surface area contributed by atoms with Gasteiger partial charge in [-0.25, -0.2) is 0 Å². The van der Waals surface area contributed by atoms with E-state index >= 15 is 0 Å². The summed E-state index contributed by atoms with van der Waals surface area (Å²) in [7, 11) is 0. The number of nitrogens with zero attached hydrogens (tertiary/aromatic N) is 1. The predicted molar refractivity (Wildman–Crippen MR) is 114 cm³/mol. The van der Waals surface area contributed by atoms with E-state index in [0.29, 0.717) is 0 Å². The van der Waals surface area contributed by atoms with Gasteiger partial charge in [0.25, 0.3) is 0 Å². The Morgan fingerprint density at radius 3 is 2.48 bits per heavy atom. The Bertz CT molecular complexity index is 1120. The molecular weight excluding hydrogens is 330 g/mol. The summed E-state index contributed by atoms with van der Waals surface area (Å²) in [6, 6.07) is 21.1. The standard InChI is InChI=1S/C25H25NO/c1-4-7-17-10-12-21-19(16-17)14-15-26-24(21)22-13-11-18-8-5-6-9-20(18)23(22)25(2,3)27/h5-6,8-16,27H,4,7H2,1-3H3. The highest BCUT2D eigenvalue weighted by molar-refractivity contribution is 6.00. The lowest BCUT2D eigenvalue weighted by Gasteiger charge is -2.24. The van der Waals surface area contributed by atoms with Crippen LogP contribution in [0.5, 0.6) is 0 Å². The summed E-state index contributed by atoms with van der Waals surface area (Å²) >= 11 is 0. The van der Waals surface area contributed by atoms with E-state index in [0.717, 1.165) is 45.8 Å². The van der Waals surface area contributed by atoms with Crippen LogP contribution in [0.2, 0.25) is 0 Å². The molecule has 2 heteroatoms. The quantitative estimate of drug-likeness (QED) is 0.470. The minimum atomic E-state index is -0.970. The Balaban J connectivity index is 2.03. The number of aromatic nitrogens is 1. The highest BCUT2D eigenvalue weighted by Crippen LogP contribution is 2.39. The largest absolute Gasteiger partial charge is 0.386 e. The zero-order valence-electron chi connectivity index (χ0n) is 16.2. The average molecular weight is 355 g/mol. The number of benzene rings is 3. The van der Waals surface area contributed by atoms with Crippen molar-refractivity contribution in [3.63, 3.8) is 0 Å². The zero-order chi connectivity index (χ0) is 19.0. The molecule has 1 N–H and O–H groups in total. The molecular formula is C25H25NO. The van der Waals surface area contributed by atoms with Crippen LogP contribution in [-0.2, 0) is 12.0 Å². The van der Waals surface area contributed by atoms with Crippen molar-refractivity contribution in [1.82, 2.24) is 4.98 Å². The summed E-state index contributed by atoms with van der Waals surface area (Å²) in [5.74, 6) is 0. The second kappa shape index (κ2) is 6.79. The summed E-state index contributed by atoms with van der Waals surface area (Å²) in [5, 5.41) is 15.5. The average Bonchev–Trinajstić information content (AvgIpc) is 2.66. The van der Waals surface area contributed by atoms with Crippen LogP contribution in [0.4, 0.5) is 0 Å². The molecule has 0 spiro atoms. The molecule has 0 atom stereocenters. The van der Waals surface area contributed by atoms with Gasteiger partial charge in [-0.3, -0.25) is 4.98 Å². The first-order valence-electron chi connectivity index (χ1n) is 9.61. The molecule has 0 saturated heterocycles. The Morgan fingerprint density at radius 2 is 1.70 bits per heavy atom. The summed E-state index contributed by atoms with van der Waals surface area (Å²) in [6.07, 6.45) is 4.09. The summed E-state index contributed by atoms with van der Waals surface area (Å²) in [5.41, 5.74) is 3.23. The molecule has 2 nitrogen and oxygen atoms in total. The van der Waals surface area contributed by atoms with E-state index in [2.05, 4.69) is 55.5 Å². The summed E-state index contributed by atoms with van der Waals surface area (Å²) < 4.78 is 0. The molecule has 0 aliphatic heterocycles. The van der Waals surface area contributed by atoms with E-state index < -0.39 is 5.60 Å². The molecule has 136 valence electrons. The predicted octanol–water partition coefficient (Wildman–Crippen LogP) is 6.23. The molecule has 3 aromatic carbocycles.